The number of nitrogens with one attached hydrogen (secondary N) is 2. The number of benzene rings is 2. The second-order valence-electron chi connectivity index (χ2n) is 8.43. The van der Waals surface area contributed by atoms with Crippen molar-refractivity contribution in [2.45, 2.75) is 6.42 Å². The van der Waals surface area contributed by atoms with Gasteiger partial charge in [0.05, 0.1) is 26.1 Å². The first kappa shape index (κ1) is 27.0. The average Bonchev–Trinajstić information content (AvgIpc) is 3.32. The summed E-state index contributed by atoms with van der Waals surface area (Å²) in [6, 6.07) is 18.7. The van der Waals surface area contributed by atoms with E-state index in [-0.39, 0.29) is 0 Å². The van der Waals surface area contributed by atoms with E-state index < -0.39 is 10.1 Å². The van der Waals surface area contributed by atoms with Crippen LogP contribution in [-0.4, -0.2) is 72.1 Å². The van der Waals surface area contributed by atoms with Crippen molar-refractivity contribution in [2.75, 3.05) is 49.4 Å². The molecule has 2 aromatic heterocycles. The molecular formula is C26H30N6O5S. The van der Waals surface area contributed by atoms with Gasteiger partial charge in [-0.3, -0.25) is 4.55 Å². The largest absolute Gasteiger partial charge is 0.463 e. The van der Waals surface area contributed by atoms with E-state index in [1.165, 1.54) is 5.56 Å². The lowest BCUT2D eigenvalue weighted by molar-refractivity contribution is 0.122. The fourth-order valence-electron chi connectivity index (χ4n) is 3.72. The Morgan fingerprint density at radius 1 is 1.08 bits per heavy atom. The van der Waals surface area contributed by atoms with Gasteiger partial charge < -0.3 is 24.7 Å². The lowest BCUT2D eigenvalue weighted by atomic mass is 10.2. The summed E-state index contributed by atoms with van der Waals surface area (Å²) >= 11 is 0. The molecule has 1 saturated heterocycles. The van der Waals surface area contributed by atoms with Crippen molar-refractivity contribution in [3.8, 4) is 6.01 Å². The molecule has 2 aromatic carbocycles. The summed E-state index contributed by atoms with van der Waals surface area (Å²) in [4.78, 5) is 19.0. The van der Waals surface area contributed by atoms with Gasteiger partial charge in [0, 0.05) is 48.4 Å². The lowest BCUT2D eigenvalue weighted by Crippen LogP contribution is -2.37. The highest BCUT2D eigenvalue weighted by Gasteiger charge is 2.17. The van der Waals surface area contributed by atoms with Gasteiger partial charge in [-0.05, 0) is 17.7 Å². The van der Waals surface area contributed by atoms with Crippen molar-refractivity contribution in [3.63, 3.8) is 0 Å². The van der Waals surface area contributed by atoms with Gasteiger partial charge in [-0.25, -0.2) is 0 Å². The number of morpholine rings is 1. The first-order valence-corrected chi connectivity index (χ1v) is 13.9. The smallest absolute Gasteiger partial charge is 0.323 e. The minimum Gasteiger partial charge on any atom is -0.463 e. The third-order valence-electron chi connectivity index (χ3n) is 5.46. The van der Waals surface area contributed by atoms with Crippen molar-refractivity contribution in [1.82, 2.24) is 19.9 Å². The Bertz CT molecular complexity index is 1450. The van der Waals surface area contributed by atoms with Crippen LogP contribution >= 0.6 is 0 Å². The number of aromatic nitrogens is 4. The number of hydrogen-bond acceptors (Lipinski definition) is 9. The maximum Gasteiger partial charge on any atom is 0.323 e. The van der Waals surface area contributed by atoms with Crippen LogP contribution in [0.2, 0.25) is 0 Å². The first-order chi connectivity index (χ1) is 18.3. The number of H-pyrrole nitrogens is 1. The predicted molar refractivity (Wildman–Crippen MR) is 147 cm³/mol. The number of aromatic amines is 1. The van der Waals surface area contributed by atoms with E-state index >= 15 is 0 Å². The molecule has 200 valence electrons. The predicted octanol–water partition coefficient (Wildman–Crippen LogP) is 3.40. The number of rotatable bonds is 8. The number of nitrogens with zero attached hydrogens (tertiary/aromatic N) is 4. The van der Waals surface area contributed by atoms with Crippen LogP contribution in [0.4, 0.5) is 11.9 Å². The minimum absolute atomic E-state index is 0.311. The summed E-state index contributed by atoms with van der Waals surface area (Å²) < 4.78 is 37.2. The molecule has 0 spiro atoms. The summed E-state index contributed by atoms with van der Waals surface area (Å²) in [5, 5.41) is 4.34. The second-order valence-corrected chi connectivity index (χ2v) is 9.89. The highest BCUT2D eigenvalue weighted by Crippen LogP contribution is 2.20. The number of para-hydroxylation sites is 1. The zero-order valence-corrected chi connectivity index (χ0v) is 21.8. The van der Waals surface area contributed by atoms with E-state index in [1.807, 2.05) is 48.8 Å². The average molecular weight is 539 g/mol. The van der Waals surface area contributed by atoms with Gasteiger partial charge in [-0.1, -0.05) is 48.5 Å². The standard InChI is InChI=1S/C25H26N6O2.CH4O3S/c1-2-6-19(7-3-1)11-15-33-25-29-23(28-24(30-25)31-13-16-32-17-14-31)26-12-10-20-18-27-22-9-5-4-8-21(20)22;1-5(2,3)4/h1-10,12,18,27H,11,13-17H2,(H,26,28,29,30);1H3,(H,2,3,4)/b12-10+;. The molecule has 5 rings (SSSR count). The Labute approximate surface area is 221 Å². The maximum atomic E-state index is 9.19. The maximum absolute atomic E-state index is 9.19. The Morgan fingerprint density at radius 3 is 2.55 bits per heavy atom. The van der Waals surface area contributed by atoms with E-state index in [2.05, 4.69) is 54.4 Å². The monoisotopic (exact) mass is 538 g/mol. The lowest BCUT2D eigenvalue weighted by Gasteiger charge is -2.26. The molecule has 1 aliphatic heterocycles. The molecule has 0 atom stereocenters. The molecule has 0 amide bonds. The summed E-state index contributed by atoms with van der Waals surface area (Å²) in [6.45, 7) is 3.26. The van der Waals surface area contributed by atoms with Crippen LogP contribution in [0.3, 0.4) is 0 Å². The SMILES string of the molecule is C(=C\c1c[nH]c2ccccc12)/Nc1nc(OCCc2ccccc2)nc(N2CCOCC2)n1.CS(=O)(=O)O. The van der Waals surface area contributed by atoms with Crippen molar-refractivity contribution in [2.24, 2.45) is 0 Å². The molecule has 1 aliphatic rings. The molecule has 0 aliphatic carbocycles. The van der Waals surface area contributed by atoms with Crippen LogP contribution in [0, 0.1) is 0 Å². The van der Waals surface area contributed by atoms with Gasteiger partial charge >= 0.3 is 6.01 Å². The molecule has 0 saturated carbocycles. The van der Waals surface area contributed by atoms with Crippen LogP contribution in [-0.2, 0) is 21.3 Å². The molecule has 3 heterocycles. The van der Waals surface area contributed by atoms with Crippen LogP contribution in [0.25, 0.3) is 17.0 Å². The highest BCUT2D eigenvalue weighted by atomic mass is 32.2. The fraction of sp³-hybridized carbons (Fsp3) is 0.269. The number of anilines is 2. The van der Waals surface area contributed by atoms with Gasteiger partial charge in [0.25, 0.3) is 10.1 Å². The second kappa shape index (κ2) is 13.0. The Hall–Kier alpha value is -4.00. The zero-order chi connectivity index (χ0) is 26.8. The van der Waals surface area contributed by atoms with Crippen molar-refractivity contribution in [1.29, 1.82) is 0 Å². The molecule has 3 N–H and O–H groups in total. The molecule has 1 fully saturated rings. The molecule has 4 aromatic rings. The molecular weight excluding hydrogens is 508 g/mol. The molecule has 12 heteroatoms. The van der Waals surface area contributed by atoms with E-state index in [1.54, 1.807) is 0 Å². The van der Waals surface area contributed by atoms with E-state index in [0.29, 0.717) is 44.0 Å². The quantitative estimate of drug-likeness (QED) is 0.286. The normalized spacial score (nSPS) is 13.8. The van der Waals surface area contributed by atoms with E-state index in [9.17, 15) is 8.42 Å². The number of hydrogen-bond donors (Lipinski definition) is 3. The van der Waals surface area contributed by atoms with Gasteiger partial charge in [0.15, 0.2) is 0 Å². The molecule has 0 bridgehead atoms. The van der Waals surface area contributed by atoms with E-state index in [0.717, 1.165) is 36.0 Å². The highest BCUT2D eigenvalue weighted by molar-refractivity contribution is 7.85. The van der Waals surface area contributed by atoms with Crippen molar-refractivity contribution in [3.05, 3.63) is 78.1 Å². The zero-order valence-electron chi connectivity index (χ0n) is 20.9. The Kier molecular flexibility index (Phi) is 9.25. The van der Waals surface area contributed by atoms with Crippen LogP contribution in [0.1, 0.15) is 11.1 Å². The van der Waals surface area contributed by atoms with Crippen LogP contribution < -0.4 is 15.0 Å². The molecule has 38 heavy (non-hydrogen) atoms. The Balaban J connectivity index is 0.000000617. The third kappa shape index (κ3) is 8.54. The number of fused-ring (bicyclic) bond motifs is 1. The topological polar surface area (TPSA) is 143 Å². The summed E-state index contributed by atoms with van der Waals surface area (Å²) in [7, 11) is -3.67. The third-order valence-corrected chi connectivity index (χ3v) is 5.46. The van der Waals surface area contributed by atoms with Crippen molar-refractivity contribution < 1.29 is 22.4 Å². The van der Waals surface area contributed by atoms with E-state index in [4.69, 9.17) is 14.0 Å². The number of ether oxygens (including phenoxy) is 2. The summed E-state index contributed by atoms with van der Waals surface area (Å²) in [6.07, 6.45) is 7.30. The summed E-state index contributed by atoms with van der Waals surface area (Å²) in [5.41, 5.74) is 3.39. The fourth-order valence-corrected chi connectivity index (χ4v) is 3.72. The van der Waals surface area contributed by atoms with Gasteiger partial charge in [0.1, 0.15) is 0 Å². The molecule has 11 nitrogen and oxygen atoms in total. The first-order valence-electron chi connectivity index (χ1n) is 12.0. The summed E-state index contributed by atoms with van der Waals surface area (Å²) in [5.74, 6) is 1.03. The molecule has 0 unspecified atom stereocenters. The Morgan fingerprint density at radius 2 is 1.79 bits per heavy atom. The van der Waals surface area contributed by atoms with Crippen LogP contribution in [0.15, 0.2) is 67.0 Å². The van der Waals surface area contributed by atoms with Crippen LogP contribution in [0.5, 0.6) is 6.01 Å². The van der Waals surface area contributed by atoms with Gasteiger partial charge in [-0.2, -0.15) is 23.4 Å². The van der Waals surface area contributed by atoms with Crippen molar-refractivity contribution >= 4 is 39.0 Å². The minimum atomic E-state index is -3.67. The van der Waals surface area contributed by atoms with Gasteiger partial charge in [-0.15, -0.1) is 0 Å². The van der Waals surface area contributed by atoms with Gasteiger partial charge in [0.2, 0.25) is 11.9 Å². The molecule has 0 radical (unpaired) electrons.